The number of fused-ring (bicyclic) bond motifs is 1. The van der Waals surface area contributed by atoms with Crippen molar-refractivity contribution in [1.82, 2.24) is 14.5 Å². The second-order valence-corrected chi connectivity index (χ2v) is 7.93. The van der Waals surface area contributed by atoms with Gasteiger partial charge in [-0.15, -0.1) is 0 Å². The second-order valence-electron chi connectivity index (χ2n) is 7.93. The van der Waals surface area contributed by atoms with Gasteiger partial charge in [-0.3, -0.25) is 24.7 Å². The molecule has 0 aliphatic rings. The van der Waals surface area contributed by atoms with Crippen LogP contribution in [0.25, 0.3) is 11.0 Å². The number of amides is 2. The van der Waals surface area contributed by atoms with Gasteiger partial charge in [-0.2, -0.15) is 0 Å². The van der Waals surface area contributed by atoms with Crippen molar-refractivity contribution in [2.75, 3.05) is 16.8 Å². The minimum atomic E-state index is -1.03. The Balaban J connectivity index is 1.61. The number of hydrogen-bond acceptors (Lipinski definition) is 6. The molecule has 4 rings (SSSR count). The maximum Gasteiger partial charge on any atom is 0.305 e. The molecule has 182 valence electrons. The molecule has 2 aromatic heterocycles. The summed E-state index contributed by atoms with van der Waals surface area (Å²) in [4.78, 5) is 47.2. The first-order valence-electron chi connectivity index (χ1n) is 10.9. The first-order chi connectivity index (χ1) is 17.2. The summed E-state index contributed by atoms with van der Waals surface area (Å²) in [6, 6.07) is 16.4. The number of nitrogens with zero attached hydrogens (tertiary/aromatic N) is 4. The van der Waals surface area contributed by atoms with Crippen molar-refractivity contribution in [3.05, 3.63) is 83.8 Å². The fourth-order valence-electron chi connectivity index (χ4n) is 3.65. The number of aliphatic carboxylic acids is 1. The number of hydrogen-bond donors (Lipinski definition) is 4. The lowest BCUT2D eigenvalue weighted by Crippen LogP contribution is -2.33. The highest BCUT2D eigenvalue weighted by Gasteiger charge is 2.22. The van der Waals surface area contributed by atoms with Crippen LogP contribution in [-0.4, -0.2) is 49.8 Å². The lowest BCUT2D eigenvalue weighted by Gasteiger charge is -2.21. The van der Waals surface area contributed by atoms with Crippen LogP contribution in [0.1, 0.15) is 33.0 Å². The molecule has 2 heterocycles. The highest BCUT2D eigenvalue weighted by molar-refractivity contribution is 6.08. The number of carboxylic acid groups (broad SMARTS) is 1. The van der Waals surface area contributed by atoms with Gasteiger partial charge in [0.1, 0.15) is 11.7 Å². The Labute approximate surface area is 205 Å². The molecule has 11 nitrogen and oxygen atoms in total. The number of carboxylic acids is 1. The molecular weight excluding hydrogens is 462 g/mol. The highest BCUT2D eigenvalue weighted by atomic mass is 16.4. The summed E-state index contributed by atoms with van der Waals surface area (Å²) in [7, 11) is 1.69. The van der Waals surface area contributed by atoms with E-state index in [1.54, 1.807) is 72.3 Å². The molecule has 0 bridgehead atoms. The van der Waals surface area contributed by atoms with Crippen LogP contribution in [0.4, 0.5) is 11.5 Å². The van der Waals surface area contributed by atoms with E-state index >= 15 is 0 Å². The first kappa shape index (κ1) is 24.1. The summed E-state index contributed by atoms with van der Waals surface area (Å²) in [5, 5.41) is 19.3. The predicted octanol–water partition coefficient (Wildman–Crippen LogP) is 2.63. The molecule has 4 aromatic rings. The zero-order chi connectivity index (χ0) is 25.8. The van der Waals surface area contributed by atoms with E-state index < -0.39 is 17.8 Å². The van der Waals surface area contributed by atoms with Crippen LogP contribution in [0.5, 0.6) is 0 Å². The molecule has 2 aromatic carbocycles. The van der Waals surface area contributed by atoms with E-state index in [0.29, 0.717) is 28.1 Å². The van der Waals surface area contributed by atoms with Crippen molar-refractivity contribution < 1.29 is 19.5 Å². The van der Waals surface area contributed by atoms with E-state index in [2.05, 4.69) is 15.3 Å². The fourth-order valence-corrected chi connectivity index (χ4v) is 3.65. The van der Waals surface area contributed by atoms with E-state index in [1.165, 1.54) is 11.1 Å². The monoisotopic (exact) mass is 485 g/mol. The van der Waals surface area contributed by atoms with E-state index in [-0.39, 0.29) is 30.2 Å². The third-order valence-corrected chi connectivity index (χ3v) is 5.50. The van der Waals surface area contributed by atoms with Gasteiger partial charge in [0.25, 0.3) is 11.8 Å². The van der Waals surface area contributed by atoms with Crippen molar-refractivity contribution in [3.63, 3.8) is 0 Å². The van der Waals surface area contributed by atoms with Gasteiger partial charge in [-0.25, -0.2) is 9.97 Å². The summed E-state index contributed by atoms with van der Waals surface area (Å²) < 4.78 is 1.61. The zero-order valence-corrected chi connectivity index (χ0v) is 19.3. The molecule has 0 fully saturated rings. The molecule has 0 atom stereocenters. The van der Waals surface area contributed by atoms with E-state index in [0.717, 1.165) is 0 Å². The largest absolute Gasteiger partial charge is 0.481 e. The second kappa shape index (κ2) is 10.1. The van der Waals surface area contributed by atoms with Crippen molar-refractivity contribution >= 4 is 46.2 Å². The molecule has 11 heteroatoms. The lowest BCUT2D eigenvalue weighted by atomic mass is 10.1. The number of nitrogens with one attached hydrogen (secondary N) is 2. The Morgan fingerprint density at radius 3 is 2.44 bits per heavy atom. The van der Waals surface area contributed by atoms with Crippen LogP contribution >= 0.6 is 0 Å². The normalized spacial score (nSPS) is 10.7. The topological polar surface area (TPSA) is 167 Å². The summed E-state index contributed by atoms with van der Waals surface area (Å²) in [5.74, 6) is -1.51. The van der Waals surface area contributed by atoms with Crippen molar-refractivity contribution in [2.45, 2.75) is 6.42 Å². The number of carbonyl (C=O) groups is 3. The molecular formula is C25H23N7O4. The van der Waals surface area contributed by atoms with Crippen LogP contribution in [0.2, 0.25) is 0 Å². The molecule has 0 aliphatic heterocycles. The third kappa shape index (κ3) is 5.04. The number of carbonyl (C=O) groups excluding carboxylic acids is 2. The molecule has 0 radical (unpaired) electrons. The van der Waals surface area contributed by atoms with Gasteiger partial charge in [0.15, 0.2) is 5.82 Å². The maximum atomic E-state index is 13.3. The molecule has 0 aliphatic carbocycles. The molecule has 0 saturated carbocycles. The number of imidazole rings is 1. The quantitative estimate of drug-likeness (QED) is 0.220. The first-order valence-corrected chi connectivity index (χ1v) is 10.9. The number of aromatic nitrogens is 3. The average molecular weight is 486 g/mol. The molecule has 2 amide bonds. The average Bonchev–Trinajstić information content (AvgIpc) is 3.20. The Kier molecular flexibility index (Phi) is 6.72. The Bertz CT molecular complexity index is 1460. The summed E-state index contributed by atoms with van der Waals surface area (Å²) in [6.45, 7) is -0.0541. The maximum absolute atomic E-state index is 13.3. The predicted molar refractivity (Wildman–Crippen MR) is 134 cm³/mol. The smallest absolute Gasteiger partial charge is 0.305 e. The Morgan fingerprint density at radius 1 is 1.08 bits per heavy atom. The Morgan fingerprint density at radius 2 is 1.81 bits per heavy atom. The van der Waals surface area contributed by atoms with E-state index in [9.17, 15) is 14.4 Å². The van der Waals surface area contributed by atoms with Crippen LogP contribution in [0.3, 0.4) is 0 Å². The van der Waals surface area contributed by atoms with Gasteiger partial charge >= 0.3 is 5.97 Å². The number of pyridine rings is 1. The summed E-state index contributed by atoms with van der Waals surface area (Å²) in [5.41, 5.74) is 7.86. The third-order valence-electron chi connectivity index (χ3n) is 5.50. The van der Waals surface area contributed by atoms with Crippen LogP contribution < -0.4 is 16.0 Å². The van der Waals surface area contributed by atoms with Gasteiger partial charge in [0, 0.05) is 36.6 Å². The molecule has 0 spiro atoms. The number of rotatable bonds is 8. The van der Waals surface area contributed by atoms with Crippen LogP contribution in [0.15, 0.2) is 66.9 Å². The lowest BCUT2D eigenvalue weighted by molar-refractivity contribution is -0.136. The number of anilines is 2. The number of amidine groups is 1. The van der Waals surface area contributed by atoms with Crippen LogP contribution in [-0.2, 0) is 11.8 Å². The van der Waals surface area contributed by atoms with Gasteiger partial charge < -0.3 is 20.7 Å². The van der Waals surface area contributed by atoms with E-state index in [1.807, 2.05) is 0 Å². The number of nitrogen functional groups attached to an aromatic ring is 1. The number of nitrogens with two attached hydrogens (primary N) is 1. The number of aryl methyl sites for hydroxylation is 1. The van der Waals surface area contributed by atoms with Crippen molar-refractivity contribution in [1.29, 1.82) is 5.41 Å². The van der Waals surface area contributed by atoms with Crippen molar-refractivity contribution in [2.24, 2.45) is 12.8 Å². The molecule has 0 unspecified atom stereocenters. The summed E-state index contributed by atoms with van der Waals surface area (Å²) >= 11 is 0. The van der Waals surface area contributed by atoms with Gasteiger partial charge in [-0.05, 0) is 54.6 Å². The minimum absolute atomic E-state index is 0.0541. The zero-order valence-electron chi connectivity index (χ0n) is 19.3. The molecule has 0 saturated heterocycles. The van der Waals surface area contributed by atoms with E-state index in [4.69, 9.17) is 16.2 Å². The number of benzene rings is 2. The van der Waals surface area contributed by atoms with Crippen LogP contribution in [0, 0.1) is 5.41 Å². The van der Waals surface area contributed by atoms with Gasteiger partial charge in [0.05, 0.1) is 17.5 Å². The van der Waals surface area contributed by atoms with Crippen molar-refractivity contribution in [3.8, 4) is 0 Å². The SMILES string of the molecule is Cn1c(C(=O)Nc2ccc(C(=N)N)cc2)nc2cc(C(=O)N(CCC(=O)O)c3ccccn3)ccc21. The molecule has 36 heavy (non-hydrogen) atoms. The summed E-state index contributed by atoms with van der Waals surface area (Å²) in [6.07, 6.45) is 1.28. The van der Waals surface area contributed by atoms with Gasteiger partial charge in [-0.1, -0.05) is 6.07 Å². The standard InChI is InChI=1S/C25H23N7O4/c1-31-19-10-7-16(25(36)32(13-11-21(33)34)20-4-2-3-12-28-20)14-18(19)30-23(31)24(35)29-17-8-5-15(6-9-17)22(26)27/h2-10,12,14H,11,13H2,1H3,(H3,26,27)(H,29,35)(H,33,34). The Hall–Kier alpha value is -5.06. The molecule has 5 N–H and O–H groups in total. The minimum Gasteiger partial charge on any atom is -0.481 e. The fraction of sp³-hybridized carbons (Fsp3) is 0.120. The van der Waals surface area contributed by atoms with Gasteiger partial charge in [0.2, 0.25) is 0 Å². The highest BCUT2D eigenvalue weighted by Crippen LogP contribution is 2.21.